The van der Waals surface area contributed by atoms with Crippen LogP contribution in [0.15, 0.2) is 27.6 Å². The molecule has 1 unspecified atom stereocenters. The van der Waals surface area contributed by atoms with Crippen molar-refractivity contribution in [3.05, 3.63) is 45.5 Å². The number of ether oxygens (including phenoxy) is 3. The highest BCUT2D eigenvalue weighted by Gasteiger charge is 2.41. The number of benzene rings is 1. The average Bonchev–Trinajstić information content (AvgIpc) is 3.20. The van der Waals surface area contributed by atoms with E-state index in [1.54, 1.807) is 19.4 Å². The van der Waals surface area contributed by atoms with Gasteiger partial charge in [-0.2, -0.15) is 0 Å². The minimum absolute atomic E-state index is 0.106. The lowest BCUT2D eigenvalue weighted by Crippen LogP contribution is -2.14. The molecule has 5 rings (SSSR count). The van der Waals surface area contributed by atoms with Gasteiger partial charge in [0.2, 0.25) is 0 Å². The van der Waals surface area contributed by atoms with Gasteiger partial charge in [-0.3, -0.25) is 0 Å². The zero-order chi connectivity index (χ0) is 15.7. The molecule has 1 aromatic carbocycles. The average molecular weight is 314 g/mol. The second kappa shape index (κ2) is 4.29. The van der Waals surface area contributed by atoms with Crippen molar-refractivity contribution in [1.29, 1.82) is 0 Å². The summed E-state index contributed by atoms with van der Waals surface area (Å²) in [6.07, 6.45) is 3.43. The minimum Gasteiger partial charge on any atom is -0.496 e. The molecule has 1 aromatic heterocycles. The molecular formula is C17H14O6. The maximum atomic E-state index is 12.4. The van der Waals surface area contributed by atoms with Crippen molar-refractivity contribution in [3.63, 3.8) is 0 Å². The van der Waals surface area contributed by atoms with E-state index in [0.29, 0.717) is 35.5 Å². The summed E-state index contributed by atoms with van der Waals surface area (Å²) in [5.41, 5.74) is 1.96. The molecule has 0 bridgehead atoms. The van der Waals surface area contributed by atoms with Gasteiger partial charge in [0, 0.05) is 6.07 Å². The second-order valence-electron chi connectivity index (χ2n) is 6.01. The van der Waals surface area contributed by atoms with Crippen LogP contribution in [-0.4, -0.2) is 18.5 Å². The van der Waals surface area contributed by atoms with Crippen LogP contribution in [0, 0.1) is 0 Å². The number of methoxy groups -OCH3 is 1. The SMILES string of the molecule is COc1cc2c(c3oc(=O)c4c(c13)CCC4O)[C@@H]1C=CO[C@@H]1O2. The summed E-state index contributed by atoms with van der Waals surface area (Å²) >= 11 is 0. The van der Waals surface area contributed by atoms with E-state index < -0.39 is 18.0 Å². The summed E-state index contributed by atoms with van der Waals surface area (Å²) < 4.78 is 22.3. The van der Waals surface area contributed by atoms with Crippen LogP contribution >= 0.6 is 0 Å². The fourth-order valence-corrected chi connectivity index (χ4v) is 3.86. The largest absolute Gasteiger partial charge is 0.496 e. The van der Waals surface area contributed by atoms with Gasteiger partial charge in [0.1, 0.15) is 17.1 Å². The Kier molecular flexibility index (Phi) is 2.43. The van der Waals surface area contributed by atoms with Gasteiger partial charge >= 0.3 is 5.63 Å². The van der Waals surface area contributed by atoms with Crippen molar-refractivity contribution in [2.45, 2.75) is 31.2 Å². The minimum atomic E-state index is -0.776. The van der Waals surface area contributed by atoms with Crippen LogP contribution < -0.4 is 15.1 Å². The van der Waals surface area contributed by atoms with Crippen molar-refractivity contribution < 1.29 is 23.7 Å². The Bertz CT molecular complexity index is 925. The Balaban J connectivity index is 1.92. The lowest BCUT2D eigenvalue weighted by molar-refractivity contribution is -0.00485. The number of aryl methyl sites for hydroxylation is 1. The highest BCUT2D eigenvalue weighted by Crippen LogP contribution is 2.50. The molecule has 2 aromatic rings. The molecule has 3 heterocycles. The number of aliphatic hydroxyl groups excluding tert-OH is 1. The standard InChI is InChI=1S/C17H14O6/c1-20-10-6-11-14(8-4-5-21-17(8)22-11)15-13(10)7-2-3-9(18)12(7)16(19)23-15/h4-6,8-9,17-18H,2-3H2,1H3/t8-,9?,17+/m0/s1. The molecule has 23 heavy (non-hydrogen) atoms. The summed E-state index contributed by atoms with van der Waals surface area (Å²) in [7, 11) is 1.57. The highest BCUT2D eigenvalue weighted by molar-refractivity contribution is 5.93. The van der Waals surface area contributed by atoms with Crippen LogP contribution in [0.5, 0.6) is 11.5 Å². The third-order valence-electron chi connectivity index (χ3n) is 4.88. The number of aliphatic hydroxyl groups is 1. The number of rotatable bonds is 1. The van der Waals surface area contributed by atoms with Crippen molar-refractivity contribution >= 4 is 11.0 Å². The van der Waals surface area contributed by atoms with Crippen LogP contribution in [0.1, 0.15) is 35.1 Å². The van der Waals surface area contributed by atoms with E-state index in [9.17, 15) is 9.90 Å². The van der Waals surface area contributed by atoms with E-state index >= 15 is 0 Å². The maximum absolute atomic E-state index is 12.4. The highest BCUT2D eigenvalue weighted by atomic mass is 16.7. The summed E-state index contributed by atoms with van der Waals surface area (Å²) in [5.74, 6) is 1.08. The van der Waals surface area contributed by atoms with Gasteiger partial charge in [0.25, 0.3) is 6.29 Å². The van der Waals surface area contributed by atoms with Crippen molar-refractivity contribution in [3.8, 4) is 11.5 Å². The molecule has 0 radical (unpaired) electrons. The maximum Gasteiger partial charge on any atom is 0.342 e. The molecule has 6 nitrogen and oxygen atoms in total. The predicted molar refractivity (Wildman–Crippen MR) is 79.7 cm³/mol. The lowest BCUT2D eigenvalue weighted by Gasteiger charge is -2.13. The third kappa shape index (κ3) is 1.53. The predicted octanol–water partition coefficient (Wildman–Crippen LogP) is 2.13. The summed E-state index contributed by atoms with van der Waals surface area (Å²) in [5, 5.41) is 10.8. The van der Waals surface area contributed by atoms with E-state index in [-0.39, 0.29) is 5.92 Å². The Labute approximate surface area is 130 Å². The zero-order valence-electron chi connectivity index (χ0n) is 12.4. The number of hydrogen-bond acceptors (Lipinski definition) is 6. The van der Waals surface area contributed by atoms with Gasteiger partial charge in [-0.15, -0.1) is 0 Å². The van der Waals surface area contributed by atoms with Crippen molar-refractivity contribution in [2.75, 3.05) is 7.11 Å². The van der Waals surface area contributed by atoms with E-state index in [2.05, 4.69) is 0 Å². The molecule has 1 N–H and O–H groups in total. The van der Waals surface area contributed by atoms with Gasteiger partial charge < -0.3 is 23.7 Å². The number of fused-ring (bicyclic) bond motifs is 7. The fourth-order valence-electron chi connectivity index (χ4n) is 3.86. The summed E-state index contributed by atoms with van der Waals surface area (Å²) in [4.78, 5) is 12.4. The Morgan fingerprint density at radius 2 is 2.22 bits per heavy atom. The molecule has 0 spiro atoms. The first-order valence-electron chi connectivity index (χ1n) is 7.56. The Hall–Kier alpha value is -2.47. The molecule has 118 valence electrons. The quantitative estimate of drug-likeness (QED) is 0.812. The zero-order valence-corrected chi connectivity index (χ0v) is 12.4. The lowest BCUT2D eigenvalue weighted by atomic mass is 9.95. The van der Waals surface area contributed by atoms with Crippen LogP contribution in [0.4, 0.5) is 0 Å². The molecule has 2 aliphatic heterocycles. The molecular weight excluding hydrogens is 300 g/mol. The molecule has 6 heteroatoms. The van der Waals surface area contributed by atoms with Crippen LogP contribution in [0.25, 0.3) is 11.0 Å². The summed E-state index contributed by atoms with van der Waals surface area (Å²) in [6, 6.07) is 1.80. The van der Waals surface area contributed by atoms with Crippen molar-refractivity contribution in [2.24, 2.45) is 0 Å². The van der Waals surface area contributed by atoms with E-state index in [4.69, 9.17) is 18.6 Å². The smallest absolute Gasteiger partial charge is 0.342 e. The molecule has 3 aliphatic rings. The van der Waals surface area contributed by atoms with E-state index in [1.807, 2.05) is 6.08 Å². The van der Waals surface area contributed by atoms with Gasteiger partial charge in [-0.25, -0.2) is 4.79 Å². The third-order valence-corrected chi connectivity index (χ3v) is 4.88. The van der Waals surface area contributed by atoms with Gasteiger partial charge in [0.15, 0.2) is 0 Å². The first kappa shape index (κ1) is 13.0. The van der Waals surface area contributed by atoms with Gasteiger partial charge in [-0.1, -0.05) is 0 Å². The first-order chi connectivity index (χ1) is 11.2. The molecule has 0 saturated carbocycles. The molecule has 3 atom stereocenters. The first-order valence-corrected chi connectivity index (χ1v) is 7.56. The monoisotopic (exact) mass is 314 g/mol. The van der Waals surface area contributed by atoms with Gasteiger partial charge in [-0.05, 0) is 24.5 Å². The second-order valence-corrected chi connectivity index (χ2v) is 6.01. The van der Waals surface area contributed by atoms with Crippen LogP contribution in [-0.2, 0) is 11.2 Å². The van der Waals surface area contributed by atoms with Crippen LogP contribution in [0.2, 0.25) is 0 Å². The topological polar surface area (TPSA) is 78.1 Å². The number of hydrogen-bond donors (Lipinski definition) is 1. The van der Waals surface area contributed by atoms with Crippen molar-refractivity contribution in [1.82, 2.24) is 0 Å². The Morgan fingerprint density at radius 1 is 1.35 bits per heavy atom. The Morgan fingerprint density at radius 3 is 3.04 bits per heavy atom. The van der Waals surface area contributed by atoms with E-state index in [0.717, 1.165) is 16.5 Å². The fraction of sp³-hybridized carbons (Fsp3) is 0.353. The van der Waals surface area contributed by atoms with Crippen LogP contribution in [0.3, 0.4) is 0 Å². The van der Waals surface area contributed by atoms with E-state index in [1.165, 1.54) is 0 Å². The summed E-state index contributed by atoms with van der Waals surface area (Å²) in [6.45, 7) is 0. The molecule has 0 amide bonds. The molecule has 1 aliphatic carbocycles. The molecule has 0 fully saturated rings. The molecule has 0 saturated heterocycles. The normalized spacial score (nSPS) is 26.6. The van der Waals surface area contributed by atoms with Gasteiger partial charge in [0.05, 0.1) is 41.9 Å².